The number of carbonyl (C=O) groups excluding carboxylic acids is 3. The first-order chi connectivity index (χ1) is 14.4. The van der Waals surface area contributed by atoms with E-state index in [1.165, 1.54) is 11.9 Å². The second-order valence-corrected chi connectivity index (χ2v) is 7.29. The molecule has 3 rings (SSSR count). The Morgan fingerprint density at radius 3 is 2.47 bits per heavy atom. The normalized spacial score (nSPS) is 18.8. The zero-order valence-corrected chi connectivity index (χ0v) is 17.5. The van der Waals surface area contributed by atoms with Gasteiger partial charge in [0.2, 0.25) is 5.91 Å². The lowest BCUT2D eigenvalue weighted by atomic mass is 10.2. The number of anilines is 2. The van der Waals surface area contributed by atoms with Crippen LogP contribution in [0.4, 0.5) is 21.0 Å². The summed E-state index contributed by atoms with van der Waals surface area (Å²) in [6, 6.07) is 9.42. The molecule has 0 spiro atoms. The van der Waals surface area contributed by atoms with E-state index < -0.39 is 17.4 Å². The monoisotopic (exact) mass is 433 g/mol. The van der Waals surface area contributed by atoms with Crippen LogP contribution in [0, 0.1) is 11.3 Å². The van der Waals surface area contributed by atoms with Gasteiger partial charge in [-0.15, -0.1) is 0 Å². The average molecular weight is 433 g/mol. The summed E-state index contributed by atoms with van der Waals surface area (Å²) in [5, 5.41) is 9.09. The van der Waals surface area contributed by atoms with Crippen molar-refractivity contribution in [3.8, 4) is 6.07 Å². The number of benzene rings is 1. The van der Waals surface area contributed by atoms with E-state index in [1.54, 1.807) is 4.90 Å². The van der Waals surface area contributed by atoms with Crippen LogP contribution in [0.25, 0.3) is 0 Å². The van der Waals surface area contributed by atoms with Crippen LogP contribution < -0.4 is 9.80 Å². The van der Waals surface area contributed by atoms with E-state index in [2.05, 4.69) is 17.5 Å². The highest BCUT2D eigenvalue weighted by atomic mass is 32.1. The average Bonchev–Trinajstić information content (AvgIpc) is 3.13. The van der Waals surface area contributed by atoms with Crippen LogP contribution in [0.1, 0.15) is 6.42 Å². The Labute approximate surface area is 179 Å². The number of hydrogen-bond donors (Lipinski definition) is 1. The zero-order chi connectivity index (χ0) is 21.7. The minimum Gasteiger partial charge on any atom is -0.441 e. The molecule has 2 aliphatic heterocycles. The summed E-state index contributed by atoms with van der Waals surface area (Å²) in [5.41, 5.74) is 1.69. The number of cyclic esters (lactones) is 1. The van der Waals surface area contributed by atoms with E-state index in [9.17, 15) is 14.4 Å². The van der Waals surface area contributed by atoms with E-state index in [4.69, 9.17) is 14.8 Å². The van der Waals surface area contributed by atoms with E-state index >= 15 is 0 Å². The van der Waals surface area contributed by atoms with Crippen LogP contribution in [0.2, 0.25) is 0 Å². The number of amides is 3. The smallest absolute Gasteiger partial charge is 0.414 e. The summed E-state index contributed by atoms with van der Waals surface area (Å²) >= 11 is 3.65. The number of rotatable bonds is 6. The predicted octanol–water partition coefficient (Wildman–Crippen LogP) is 1.49. The van der Waals surface area contributed by atoms with Gasteiger partial charge in [-0.1, -0.05) is 12.6 Å². The molecule has 1 atom stereocenters. The fourth-order valence-electron chi connectivity index (χ4n) is 3.31. The highest BCUT2D eigenvalue weighted by Crippen LogP contribution is 2.26. The van der Waals surface area contributed by atoms with Gasteiger partial charge in [0.05, 0.1) is 12.6 Å². The fourth-order valence-corrected chi connectivity index (χ4v) is 3.36. The van der Waals surface area contributed by atoms with Crippen molar-refractivity contribution in [1.82, 2.24) is 9.96 Å². The molecule has 1 aromatic rings. The predicted molar refractivity (Wildman–Crippen MR) is 111 cm³/mol. The van der Waals surface area contributed by atoms with Gasteiger partial charge in [-0.25, -0.2) is 9.86 Å². The van der Waals surface area contributed by atoms with Gasteiger partial charge in [0.1, 0.15) is 19.1 Å². The van der Waals surface area contributed by atoms with Gasteiger partial charge in [-0.2, -0.15) is 5.26 Å². The Bertz CT molecular complexity index is 835. The topological polar surface area (TPSA) is 106 Å². The number of piperazine rings is 1. The highest BCUT2D eigenvalue weighted by molar-refractivity contribution is 7.96. The largest absolute Gasteiger partial charge is 0.441 e. The van der Waals surface area contributed by atoms with Gasteiger partial charge >= 0.3 is 11.3 Å². The lowest BCUT2D eigenvalue weighted by Crippen LogP contribution is -2.48. The molecule has 11 heteroatoms. The van der Waals surface area contributed by atoms with Crippen LogP contribution in [0.5, 0.6) is 0 Å². The molecule has 160 valence electrons. The molecule has 0 N–H and O–H groups in total. The molecule has 0 radical (unpaired) electrons. The maximum absolute atomic E-state index is 12.2. The molecule has 1 aromatic carbocycles. The van der Waals surface area contributed by atoms with E-state index in [-0.39, 0.29) is 18.9 Å². The molecule has 30 heavy (non-hydrogen) atoms. The van der Waals surface area contributed by atoms with Gasteiger partial charge in [0.25, 0.3) is 0 Å². The number of nitrogens with zero attached hydrogens (tertiary/aromatic N) is 5. The zero-order valence-electron chi connectivity index (χ0n) is 16.6. The summed E-state index contributed by atoms with van der Waals surface area (Å²) in [7, 11) is 1.43. The number of carbonyl (C=O) groups is 3. The van der Waals surface area contributed by atoms with Crippen LogP contribution in [-0.2, 0) is 14.4 Å². The standard InChI is InChI=1S/C19H23N5O5S/c1-21(19(27)30)28-13-16-12-24(18(26)29-16)15-4-2-14(3-5-15)22-8-10-23(11-9-22)17(25)6-7-20/h2-5,16H,6,8-13H2,1H3,(H,27,30)/t16-/m0/s1. The number of thiol groups is 1. The fraction of sp³-hybridized carbons (Fsp3) is 0.474. The molecule has 2 fully saturated rings. The first kappa shape index (κ1) is 21.7. The lowest BCUT2D eigenvalue weighted by Gasteiger charge is -2.36. The quantitative estimate of drug-likeness (QED) is 0.535. The Balaban J connectivity index is 1.53. The molecule has 0 saturated carbocycles. The SMILES string of the molecule is CN(OC[C@@H]1CN(c2ccc(N3CCN(C(=O)CC#N)CC3)cc2)C(=O)O1)C(=O)S. The Morgan fingerprint density at radius 1 is 1.23 bits per heavy atom. The number of ether oxygens (including phenoxy) is 1. The summed E-state index contributed by atoms with van der Waals surface area (Å²) in [5.74, 6) is -0.136. The van der Waals surface area contributed by atoms with E-state index in [0.717, 1.165) is 10.8 Å². The number of hydroxylamine groups is 2. The maximum atomic E-state index is 12.2. The van der Waals surface area contributed by atoms with Gasteiger partial charge < -0.3 is 14.5 Å². The Morgan fingerprint density at radius 2 is 1.87 bits per heavy atom. The molecule has 0 bridgehead atoms. The number of nitriles is 1. The van der Waals surface area contributed by atoms with Crippen molar-refractivity contribution in [3.05, 3.63) is 24.3 Å². The first-order valence-corrected chi connectivity index (χ1v) is 9.91. The minimum absolute atomic E-state index is 0.0535. The van der Waals surface area contributed by atoms with Crippen molar-refractivity contribution in [2.75, 3.05) is 56.2 Å². The molecular formula is C19H23N5O5S. The van der Waals surface area contributed by atoms with Gasteiger partial charge in [-0.3, -0.25) is 19.3 Å². The van der Waals surface area contributed by atoms with Crippen molar-refractivity contribution < 1.29 is 24.0 Å². The maximum Gasteiger partial charge on any atom is 0.414 e. The van der Waals surface area contributed by atoms with Gasteiger partial charge in [0.15, 0.2) is 0 Å². The summed E-state index contributed by atoms with van der Waals surface area (Å²) in [4.78, 5) is 45.6. The second-order valence-electron chi connectivity index (χ2n) is 6.91. The van der Waals surface area contributed by atoms with Crippen molar-refractivity contribution in [2.45, 2.75) is 12.5 Å². The molecule has 0 aliphatic carbocycles. The first-order valence-electron chi connectivity index (χ1n) is 9.46. The third kappa shape index (κ3) is 5.14. The van der Waals surface area contributed by atoms with E-state index in [0.29, 0.717) is 38.4 Å². The highest BCUT2D eigenvalue weighted by Gasteiger charge is 2.33. The second kappa shape index (κ2) is 9.69. The molecule has 2 heterocycles. The van der Waals surface area contributed by atoms with E-state index in [1.807, 2.05) is 30.3 Å². The van der Waals surface area contributed by atoms with Crippen LogP contribution in [0.15, 0.2) is 24.3 Å². The van der Waals surface area contributed by atoms with Crippen LogP contribution in [0.3, 0.4) is 0 Å². The van der Waals surface area contributed by atoms with Crippen molar-refractivity contribution in [1.29, 1.82) is 5.26 Å². The Hall–Kier alpha value is -2.97. The van der Waals surface area contributed by atoms with Gasteiger partial charge in [-0.05, 0) is 24.3 Å². The van der Waals surface area contributed by atoms with Crippen molar-refractivity contribution >= 4 is 41.2 Å². The Kier molecular flexibility index (Phi) is 7.02. The van der Waals surface area contributed by atoms with Gasteiger partial charge in [0, 0.05) is 44.6 Å². The molecule has 0 aromatic heterocycles. The lowest BCUT2D eigenvalue weighted by molar-refractivity contribution is -0.130. The third-order valence-electron chi connectivity index (χ3n) is 4.99. The molecule has 2 saturated heterocycles. The summed E-state index contributed by atoms with van der Waals surface area (Å²) < 4.78 is 5.29. The molecular weight excluding hydrogens is 410 g/mol. The molecule has 0 unspecified atom stereocenters. The molecule has 2 aliphatic rings. The third-order valence-corrected chi connectivity index (χ3v) is 5.27. The van der Waals surface area contributed by atoms with Crippen LogP contribution >= 0.6 is 12.6 Å². The van der Waals surface area contributed by atoms with Crippen molar-refractivity contribution in [2.24, 2.45) is 0 Å². The number of hydrogen-bond acceptors (Lipinski definition) is 7. The minimum atomic E-state index is -0.540. The molecule has 10 nitrogen and oxygen atoms in total. The summed E-state index contributed by atoms with van der Waals surface area (Å²) in [6.45, 7) is 2.87. The van der Waals surface area contributed by atoms with Crippen LogP contribution in [-0.4, -0.2) is 79.7 Å². The molecule has 3 amide bonds. The summed E-state index contributed by atoms with van der Waals surface area (Å²) in [6.07, 6.45) is -1.05. The van der Waals surface area contributed by atoms with Crippen molar-refractivity contribution in [3.63, 3.8) is 0 Å².